The van der Waals surface area contributed by atoms with Crippen molar-refractivity contribution in [2.24, 2.45) is 0 Å². The number of halogens is 1. The Bertz CT molecular complexity index is 998. The smallest absolute Gasteiger partial charge is 0.259 e. The first-order valence-electron chi connectivity index (χ1n) is 9.15. The molecule has 1 heterocycles. The lowest BCUT2D eigenvalue weighted by Gasteiger charge is -2.13. The van der Waals surface area contributed by atoms with E-state index in [0.717, 1.165) is 16.9 Å². The van der Waals surface area contributed by atoms with Crippen LogP contribution in [0.5, 0.6) is 11.5 Å². The molecule has 0 radical (unpaired) electrons. The normalized spacial score (nSPS) is 10.8. The van der Waals surface area contributed by atoms with Crippen LogP contribution >= 0.6 is 0 Å². The lowest BCUT2D eigenvalue weighted by molar-refractivity contribution is 0.102. The van der Waals surface area contributed by atoms with E-state index < -0.39 is 11.7 Å². The lowest BCUT2D eigenvalue weighted by atomic mass is 10.0. The van der Waals surface area contributed by atoms with Crippen LogP contribution in [0.2, 0.25) is 0 Å². The van der Waals surface area contributed by atoms with E-state index in [0.29, 0.717) is 17.5 Å². The Morgan fingerprint density at radius 2 is 1.86 bits per heavy atom. The monoisotopic (exact) mass is 378 g/mol. The van der Waals surface area contributed by atoms with Gasteiger partial charge in [0.1, 0.15) is 23.1 Å². The van der Waals surface area contributed by atoms with Crippen LogP contribution in [-0.4, -0.2) is 10.9 Å². The highest BCUT2D eigenvalue weighted by molar-refractivity contribution is 6.03. The van der Waals surface area contributed by atoms with Gasteiger partial charge in [0.25, 0.3) is 5.91 Å². The standard InChI is InChI=1S/C23H23FN2O2/c1-14(2)17-7-6-16(4)21(12-17)28-18-8-10-22(25-13-18)26-23(27)19-9-5-15(3)11-20(19)24/h5-14H,1-4H3,(H,25,26,27). The second kappa shape index (κ2) is 8.21. The summed E-state index contributed by atoms with van der Waals surface area (Å²) in [6.45, 7) is 8.01. The van der Waals surface area contributed by atoms with Crippen LogP contribution in [0.25, 0.3) is 0 Å². The molecule has 0 aliphatic heterocycles. The molecule has 0 atom stereocenters. The molecule has 5 heteroatoms. The Hall–Kier alpha value is -3.21. The SMILES string of the molecule is Cc1ccc(C(=O)Nc2ccc(Oc3cc(C(C)C)ccc3C)cn2)c(F)c1. The van der Waals surface area contributed by atoms with Crippen molar-refractivity contribution in [3.05, 3.63) is 82.8 Å². The molecule has 0 aliphatic carbocycles. The quantitative estimate of drug-likeness (QED) is 0.592. The van der Waals surface area contributed by atoms with E-state index in [1.807, 2.05) is 19.1 Å². The molecule has 3 aromatic rings. The van der Waals surface area contributed by atoms with E-state index in [9.17, 15) is 9.18 Å². The lowest BCUT2D eigenvalue weighted by Crippen LogP contribution is -2.14. The fourth-order valence-electron chi connectivity index (χ4n) is 2.72. The van der Waals surface area contributed by atoms with Gasteiger partial charge in [-0.2, -0.15) is 0 Å². The predicted molar refractivity (Wildman–Crippen MR) is 109 cm³/mol. The maximum absolute atomic E-state index is 13.9. The van der Waals surface area contributed by atoms with Crippen molar-refractivity contribution in [3.8, 4) is 11.5 Å². The average molecular weight is 378 g/mol. The van der Waals surface area contributed by atoms with Gasteiger partial charge in [-0.25, -0.2) is 9.37 Å². The molecule has 28 heavy (non-hydrogen) atoms. The highest BCUT2D eigenvalue weighted by Gasteiger charge is 2.13. The van der Waals surface area contributed by atoms with Crippen molar-refractivity contribution < 1.29 is 13.9 Å². The van der Waals surface area contributed by atoms with Crippen molar-refractivity contribution in [2.75, 3.05) is 5.32 Å². The van der Waals surface area contributed by atoms with Crippen molar-refractivity contribution in [2.45, 2.75) is 33.6 Å². The summed E-state index contributed by atoms with van der Waals surface area (Å²) in [5.41, 5.74) is 2.95. The minimum atomic E-state index is -0.557. The number of aryl methyl sites for hydroxylation is 2. The molecule has 0 spiro atoms. The summed E-state index contributed by atoms with van der Waals surface area (Å²) < 4.78 is 19.9. The fourth-order valence-corrected chi connectivity index (χ4v) is 2.72. The summed E-state index contributed by atoms with van der Waals surface area (Å²) in [5, 5.41) is 2.60. The Morgan fingerprint density at radius 3 is 2.50 bits per heavy atom. The van der Waals surface area contributed by atoms with Crippen LogP contribution in [0.3, 0.4) is 0 Å². The number of carbonyl (C=O) groups excluding carboxylic acids is 1. The molecule has 0 saturated carbocycles. The molecule has 2 aromatic carbocycles. The minimum absolute atomic E-state index is 0.0196. The Kier molecular flexibility index (Phi) is 5.73. The van der Waals surface area contributed by atoms with Gasteiger partial charge in [-0.3, -0.25) is 4.79 Å². The molecule has 0 saturated heterocycles. The molecule has 3 rings (SSSR count). The molecular weight excluding hydrogens is 355 g/mol. The zero-order chi connectivity index (χ0) is 20.3. The predicted octanol–water partition coefficient (Wildman–Crippen LogP) is 6.01. The summed E-state index contributed by atoms with van der Waals surface area (Å²) in [5.74, 6) is 0.956. The highest BCUT2D eigenvalue weighted by atomic mass is 19.1. The third-order valence-electron chi connectivity index (χ3n) is 4.45. The topological polar surface area (TPSA) is 51.2 Å². The Morgan fingerprint density at radius 1 is 1.07 bits per heavy atom. The number of aromatic nitrogens is 1. The van der Waals surface area contributed by atoms with Gasteiger partial charge in [0.15, 0.2) is 0 Å². The minimum Gasteiger partial charge on any atom is -0.455 e. The van der Waals surface area contributed by atoms with E-state index in [4.69, 9.17) is 4.74 Å². The zero-order valence-corrected chi connectivity index (χ0v) is 16.4. The number of rotatable bonds is 5. The van der Waals surface area contributed by atoms with Gasteiger partial charge >= 0.3 is 0 Å². The van der Waals surface area contributed by atoms with Gasteiger partial charge in [-0.15, -0.1) is 0 Å². The van der Waals surface area contributed by atoms with Crippen LogP contribution in [0.4, 0.5) is 10.2 Å². The fraction of sp³-hybridized carbons (Fsp3) is 0.217. The number of carbonyl (C=O) groups is 1. The Balaban J connectivity index is 1.72. The highest BCUT2D eigenvalue weighted by Crippen LogP contribution is 2.28. The number of ether oxygens (including phenoxy) is 1. The number of hydrogen-bond donors (Lipinski definition) is 1. The van der Waals surface area contributed by atoms with Gasteiger partial charge in [-0.05, 0) is 66.8 Å². The summed E-state index contributed by atoms with van der Waals surface area (Å²) in [7, 11) is 0. The van der Waals surface area contributed by atoms with E-state index in [-0.39, 0.29) is 5.56 Å². The second-order valence-corrected chi connectivity index (χ2v) is 7.10. The molecule has 1 aromatic heterocycles. The van der Waals surface area contributed by atoms with Crippen LogP contribution < -0.4 is 10.1 Å². The van der Waals surface area contributed by atoms with Gasteiger partial charge in [0.2, 0.25) is 0 Å². The zero-order valence-electron chi connectivity index (χ0n) is 16.4. The average Bonchev–Trinajstić information content (AvgIpc) is 2.64. The van der Waals surface area contributed by atoms with Gasteiger partial charge in [-0.1, -0.05) is 32.0 Å². The van der Waals surface area contributed by atoms with Crippen LogP contribution in [0.15, 0.2) is 54.7 Å². The van der Waals surface area contributed by atoms with Gasteiger partial charge < -0.3 is 10.1 Å². The summed E-state index contributed by atoms with van der Waals surface area (Å²) in [6.07, 6.45) is 1.53. The van der Waals surface area contributed by atoms with Gasteiger partial charge in [0.05, 0.1) is 11.8 Å². The number of benzene rings is 2. The van der Waals surface area contributed by atoms with Crippen molar-refractivity contribution in [1.82, 2.24) is 4.98 Å². The molecule has 144 valence electrons. The first-order chi connectivity index (χ1) is 13.3. The van der Waals surface area contributed by atoms with E-state index in [1.54, 1.807) is 25.1 Å². The molecule has 0 fully saturated rings. The summed E-state index contributed by atoms with van der Waals surface area (Å²) in [6, 6.07) is 14.0. The van der Waals surface area contributed by atoms with Crippen molar-refractivity contribution in [1.29, 1.82) is 0 Å². The van der Waals surface area contributed by atoms with Gasteiger partial charge in [0, 0.05) is 0 Å². The number of nitrogens with zero attached hydrogens (tertiary/aromatic N) is 1. The molecule has 0 unspecified atom stereocenters. The third-order valence-corrected chi connectivity index (χ3v) is 4.45. The maximum Gasteiger partial charge on any atom is 0.259 e. The van der Waals surface area contributed by atoms with Crippen LogP contribution in [0, 0.1) is 19.7 Å². The molecule has 0 bridgehead atoms. The van der Waals surface area contributed by atoms with E-state index >= 15 is 0 Å². The maximum atomic E-state index is 13.9. The van der Waals surface area contributed by atoms with E-state index in [1.165, 1.54) is 23.9 Å². The summed E-state index contributed by atoms with van der Waals surface area (Å²) in [4.78, 5) is 16.4. The second-order valence-electron chi connectivity index (χ2n) is 7.10. The van der Waals surface area contributed by atoms with Crippen LogP contribution in [0.1, 0.15) is 46.8 Å². The van der Waals surface area contributed by atoms with E-state index in [2.05, 4.69) is 30.2 Å². The largest absolute Gasteiger partial charge is 0.455 e. The number of amides is 1. The van der Waals surface area contributed by atoms with Crippen molar-refractivity contribution >= 4 is 11.7 Å². The molecule has 0 aliphatic rings. The number of pyridine rings is 1. The Labute approximate surface area is 164 Å². The van der Waals surface area contributed by atoms with Crippen molar-refractivity contribution in [3.63, 3.8) is 0 Å². The first-order valence-corrected chi connectivity index (χ1v) is 9.15. The van der Waals surface area contributed by atoms with Crippen LogP contribution in [-0.2, 0) is 0 Å². The molecule has 1 N–H and O–H groups in total. The number of anilines is 1. The number of hydrogen-bond acceptors (Lipinski definition) is 3. The first kappa shape index (κ1) is 19.5. The molecule has 1 amide bonds. The molecular formula is C23H23FN2O2. The third kappa shape index (κ3) is 4.55. The molecule has 4 nitrogen and oxygen atoms in total. The number of nitrogens with one attached hydrogen (secondary N) is 1. The summed E-state index contributed by atoms with van der Waals surface area (Å²) >= 11 is 0.